The molecule has 0 saturated heterocycles. The lowest BCUT2D eigenvalue weighted by atomic mass is 10.1. The van der Waals surface area contributed by atoms with Gasteiger partial charge in [-0.1, -0.05) is 0 Å². The maximum atomic E-state index is 12.0. The fourth-order valence-electron chi connectivity index (χ4n) is 1.39. The third-order valence-electron chi connectivity index (χ3n) is 2.47. The first-order valence-electron chi connectivity index (χ1n) is 6.52. The van der Waals surface area contributed by atoms with Gasteiger partial charge in [0.25, 0.3) is 0 Å². The Balaban J connectivity index is 0.000000697. The molecule has 2 N–H and O–H groups in total. The van der Waals surface area contributed by atoms with Gasteiger partial charge in [0.15, 0.2) is 6.61 Å². The Morgan fingerprint density at radius 3 is 2.28 bits per heavy atom. The first kappa shape index (κ1) is 22.9. The van der Waals surface area contributed by atoms with Crippen molar-refractivity contribution in [2.45, 2.75) is 18.4 Å². The van der Waals surface area contributed by atoms with Crippen LogP contribution in [0.1, 0.15) is 11.6 Å². The molecule has 1 aromatic rings. The summed E-state index contributed by atoms with van der Waals surface area (Å²) >= 11 is 0. The van der Waals surface area contributed by atoms with Crippen LogP contribution < -0.4 is 10.1 Å². The van der Waals surface area contributed by atoms with Crippen LogP contribution in [-0.4, -0.2) is 55.8 Å². The summed E-state index contributed by atoms with van der Waals surface area (Å²) in [4.78, 5) is 12.6. The summed E-state index contributed by atoms with van der Waals surface area (Å²) in [6.07, 6.45) is -8.05. The predicted octanol–water partition coefficient (Wildman–Crippen LogP) is 2.56. The van der Waals surface area contributed by atoms with Gasteiger partial charge >= 0.3 is 18.3 Å². The number of hydrogen-bond acceptors (Lipinski definition) is 5. The van der Waals surface area contributed by atoms with Crippen molar-refractivity contribution in [3.63, 3.8) is 0 Å². The van der Waals surface area contributed by atoms with Crippen LogP contribution in [-0.2, 0) is 9.53 Å². The summed E-state index contributed by atoms with van der Waals surface area (Å²) in [7, 11) is 3.28. The van der Waals surface area contributed by atoms with Gasteiger partial charge in [-0.05, 0) is 18.7 Å². The van der Waals surface area contributed by atoms with Crippen molar-refractivity contribution in [3.8, 4) is 5.88 Å². The van der Waals surface area contributed by atoms with Crippen molar-refractivity contribution in [3.05, 3.63) is 23.9 Å². The number of aromatic nitrogens is 1. The van der Waals surface area contributed by atoms with Gasteiger partial charge in [0.05, 0.1) is 12.6 Å². The van der Waals surface area contributed by atoms with E-state index in [1.807, 2.05) is 0 Å². The van der Waals surface area contributed by atoms with Crippen LogP contribution in [0.2, 0.25) is 0 Å². The molecule has 144 valence electrons. The topological polar surface area (TPSA) is 80.7 Å². The summed E-state index contributed by atoms with van der Waals surface area (Å²) < 4.78 is 77.3. The zero-order valence-corrected chi connectivity index (χ0v) is 13.1. The molecule has 0 aliphatic rings. The second kappa shape index (κ2) is 10.0. The van der Waals surface area contributed by atoms with Crippen molar-refractivity contribution >= 4 is 5.97 Å². The van der Waals surface area contributed by atoms with E-state index in [2.05, 4.69) is 15.0 Å². The van der Waals surface area contributed by atoms with Crippen molar-refractivity contribution in [1.29, 1.82) is 0 Å². The molecular formula is C13H16F6N2O4. The van der Waals surface area contributed by atoms with Gasteiger partial charge in [0.1, 0.15) is 0 Å². The number of nitrogens with one attached hydrogen (secondary N) is 1. The summed E-state index contributed by atoms with van der Waals surface area (Å²) in [5, 5.41) is 10.1. The lowest BCUT2D eigenvalue weighted by Crippen LogP contribution is -2.22. The van der Waals surface area contributed by atoms with E-state index in [9.17, 15) is 26.3 Å². The van der Waals surface area contributed by atoms with E-state index in [0.717, 1.165) is 5.56 Å². The molecule has 1 aromatic heterocycles. The number of methoxy groups -OCH3 is 1. The third-order valence-corrected chi connectivity index (χ3v) is 2.47. The Morgan fingerprint density at radius 2 is 1.88 bits per heavy atom. The highest BCUT2D eigenvalue weighted by Gasteiger charge is 2.38. The van der Waals surface area contributed by atoms with Crippen molar-refractivity contribution in [2.24, 2.45) is 0 Å². The van der Waals surface area contributed by atoms with Gasteiger partial charge < -0.3 is 19.9 Å². The normalized spacial score (nSPS) is 12.8. The molecule has 0 aliphatic heterocycles. The molecule has 6 nitrogen and oxygen atoms in total. The minimum absolute atomic E-state index is 0.0545. The van der Waals surface area contributed by atoms with E-state index in [-0.39, 0.29) is 11.9 Å². The summed E-state index contributed by atoms with van der Waals surface area (Å²) in [5.74, 6) is -2.81. The molecule has 0 aromatic carbocycles. The number of ether oxygens (including phenoxy) is 2. The Hall–Kier alpha value is -2.08. The molecule has 0 spiro atoms. The molecule has 0 amide bonds. The lowest BCUT2D eigenvalue weighted by molar-refractivity contribution is -0.192. The number of hydrogen-bond donors (Lipinski definition) is 2. The van der Waals surface area contributed by atoms with Gasteiger partial charge in [-0.25, -0.2) is 9.78 Å². The number of rotatable bonds is 6. The SMILES string of the molecule is CN[C@@H](COC)c1ccnc(OCC(F)(F)F)c1.O=C(O)C(F)(F)F. The van der Waals surface area contributed by atoms with E-state index in [1.165, 1.54) is 12.3 Å². The molecule has 0 aliphatic carbocycles. The third kappa shape index (κ3) is 10.4. The first-order valence-corrected chi connectivity index (χ1v) is 6.52. The second-order valence-corrected chi connectivity index (χ2v) is 4.43. The number of nitrogens with zero attached hydrogens (tertiary/aromatic N) is 1. The summed E-state index contributed by atoms with van der Waals surface area (Å²) in [6.45, 7) is -0.947. The van der Waals surface area contributed by atoms with Crippen LogP contribution in [0.3, 0.4) is 0 Å². The van der Waals surface area contributed by atoms with Crippen molar-refractivity contribution in [2.75, 3.05) is 27.4 Å². The van der Waals surface area contributed by atoms with Gasteiger partial charge in [-0.15, -0.1) is 0 Å². The number of alkyl halides is 6. The van der Waals surface area contributed by atoms with Crippen LogP contribution in [0.15, 0.2) is 18.3 Å². The highest BCUT2D eigenvalue weighted by molar-refractivity contribution is 5.73. The second-order valence-electron chi connectivity index (χ2n) is 4.43. The van der Waals surface area contributed by atoms with Crippen LogP contribution in [0.25, 0.3) is 0 Å². The number of likely N-dealkylation sites (N-methyl/N-ethyl adjacent to an activating group) is 1. The quantitative estimate of drug-likeness (QED) is 0.741. The molecule has 0 saturated carbocycles. The minimum atomic E-state index is -5.08. The fraction of sp³-hybridized carbons (Fsp3) is 0.538. The van der Waals surface area contributed by atoms with Gasteiger partial charge in [0.2, 0.25) is 5.88 Å². The van der Waals surface area contributed by atoms with Crippen LogP contribution >= 0.6 is 0 Å². The molecule has 0 unspecified atom stereocenters. The lowest BCUT2D eigenvalue weighted by Gasteiger charge is -2.16. The maximum absolute atomic E-state index is 12.0. The number of carboxylic acid groups (broad SMARTS) is 1. The molecule has 12 heteroatoms. The van der Waals surface area contributed by atoms with Crippen LogP contribution in [0.4, 0.5) is 26.3 Å². The number of aliphatic carboxylic acids is 1. The highest BCUT2D eigenvalue weighted by atomic mass is 19.4. The fourth-order valence-corrected chi connectivity index (χ4v) is 1.39. The molecule has 25 heavy (non-hydrogen) atoms. The predicted molar refractivity (Wildman–Crippen MR) is 73.2 cm³/mol. The number of carboxylic acids is 1. The minimum Gasteiger partial charge on any atom is -0.475 e. The van der Waals surface area contributed by atoms with E-state index >= 15 is 0 Å². The van der Waals surface area contributed by atoms with Gasteiger partial charge in [-0.2, -0.15) is 26.3 Å². The standard InChI is InChI=1S/C11H15F3N2O2.C2HF3O2/c1-15-9(6-17-2)8-3-4-16-10(5-8)18-7-11(12,13)14;3-2(4,5)1(6)7/h3-5,9,15H,6-7H2,1-2H3;(H,6,7)/t9-;/m0./s1. The molecule has 1 rings (SSSR count). The van der Waals surface area contributed by atoms with E-state index < -0.39 is 24.9 Å². The molecule has 1 atom stereocenters. The Morgan fingerprint density at radius 1 is 1.32 bits per heavy atom. The average molecular weight is 378 g/mol. The molecular weight excluding hydrogens is 362 g/mol. The smallest absolute Gasteiger partial charge is 0.475 e. The molecule has 1 heterocycles. The number of halogens is 6. The Bertz CT molecular complexity index is 536. The number of pyridine rings is 1. The van der Waals surface area contributed by atoms with E-state index in [1.54, 1.807) is 20.2 Å². The summed E-state index contributed by atoms with van der Waals surface area (Å²) in [6, 6.07) is 3.04. The number of carbonyl (C=O) groups is 1. The Kier molecular flexibility index (Phi) is 9.20. The van der Waals surface area contributed by atoms with Crippen molar-refractivity contribution in [1.82, 2.24) is 10.3 Å². The molecule has 0 fully saturated rings. The van der Waals surface area contributed by atoms with E-state index in [4.69, 9.17) is 14.6 Å². The average Bonchev–Trinajstić information content (AvgIpc) is 2.50. The molecule has 0 radical (unpaired) electrons. The first-order chi connectivity index (χ1) is 11.4. The van der Waals surface area contributed by atoms with Gasteiger partial charge in [-0.3, -0.25) is 0 Å². The zero-order valence-electron chi connectivity index (χ0n) is 13.1. The van der Waals surface area contributed by atoms with Crippen LogP contribution in [0.5, 0.6) is 5.88 Å². The monoisotopic (exact) mass is 378 g/mol. The van der Waals surface area contributed by atoms with Crippen molar-refractivity contribution < 1.29 is 45.7 Å². The van der Waals surface area contributed by atoms with Crippen LogP contribution in [0, 0.1) is 0 Å². The molecule has 0 bridgehead atoms. The Labute approximate surface area is 138 Å². The largest absolute Gasteiger partial charge is 0.490 e. The maximum Gasteiger partial charge on any atom is 0.490 e. The highest BCUT2D eigenvalue weighted by Crippen LogP contribution is 2.20. The summed E-state index contributed by atoms with van der Waals surface area (Å²) in [5.41, 5.74) is 0.756. The zero-order chi connectivity index (χ0) is 19.7. The van der Waals surface area contributed by atoms with E-state index in [0.29, 0.717) is 6.61 Å². The van der Waals surface area contributed by atoms with Gasteiger partial charge in [0, 0.05) is 19.4 Å².